The highest BCUT2D eigenvalue weighted by molar-refractivity contribution is 7.16. The molecule has 0 amide bonds. The van der Waals surface area contributed by atoms with E-state index in [4.69, 9.17) is 16.3 Å². The number of nitrogens with one attached hydrogen (secondary N) is 1. The molecule has 0 aliphatic carbocycles. The lowest BCUT2D eigenvalue weighted by Gasteiger charge is -2.05. The lowest BCUT2D eigenvalue weighted by molar-refractivity contribution is 0.313. The molecule has 4 aromatic rings. The second kappa shape index (κ2) is 5.55. The molecule has 0 aliphatic rings. The fourth-order valence-electron chi connectivity index (χ4n) is 2.41. The van der Waals surface area contributed by atoms with Crippen molar-refractivity contribution in [2.75, 3.05) is 6.61 Å². The summed E-state index contributed by atoms with van der Waals surface area (Å²) in [5.41, 5.74) is 4.71. The van der Waals surface area contributed by atoms with Gasteiger partial charge in [-0.3, -0.25) is 0 Å². The molecule has 0 radical (unpaired) electrons. The minimum atomic E-state index is 0.179. The van der Waals surface area contributed by atoms with Crippen LogP contribution in [-0.4, -0.2) is 26.5 Å². The predicted molar refractivity (Wildman–Crippen MR) is 87.7 cm³/mol. The number of nitrogens with zero attached hydrogens (tertiary/aromatic N) is 3. The average Bonchev–Trinajstić information content (AvgIpc) is 3.14. The van der Waals surface area contributed by atoms with Crippen molar-refractivity contribution in [2.45, 2.75) is 6.42 Å². The number of hydrogen-bond donors (Lipinski definition) is 1. The summed E-state index contributed by atoms with van der Waals surface area (Å²) in [7, 11) is 0. The first-order valence-electron chi connectivity index (χ1n) is 6.76. The van der Waals surface area contributed by atoms with Crippen LogP contribution in [-0.2, 0) is 6.42 Å². The molecule has 0 fully saturated rings. The van der Waals surface area contributed by atoms with E-state index in [1.165, 1.54) is 22.3 Å². The molecule has 4 rings (SSSR count). The molecule has 3 aromatic heterocycles. The van der Waals surface area contributed by atoms with Crippen LogP contribution >= 0.6 is 22.9 Å². The van der Waals surface area contributed by atoms with Crippen LogP contribution in [0.15, 0.2) is 36.0 Å². The van der Waals surface area contributed by atoms with E-state index in [2.05, 4.69) is 32.1 Å². The molecule has 7 heteroatoms. The standard InChI is InChI=1S/C15H11ClN4OS/c16-15-19-13(12-14(20-15)22-8-18-12)21-6-5-9-7-17-11-4-2-1-3-10(9)11/h1-4,7-8,17H,5-6H2. The lowest BCUT2D eigenvalue weighted by Crippen LogP contribution is -2.03. The van der Waals surface area contributed by atoms with E-state index in [1.54, 1.807) is 5.51 Å². The molecule has 110 valence electrons. The summed E-state index contributed by atoms with van der Waals surface area (Å²) < 4.78 is 5.78. The maximum atomic E-state index is 5.91. The van der Waals surface area contributed by atoms with Crippen LogP contribution in [0.1, 0.15) is 5.56 Å². The van der Waals surface area contributed by atoms with Crippen molar-refractivity contribution in [1.82, 2.24) is 19.9 Å². The zero-order valence-corrected chi connectivity index (χ0v) is 13.0. The molecule has 0 atom stereocenters. The van der Waals surface area contributed by atoms with Crippen LogP contribution in [0.3, 0.4) is 0 Å². The molecule has 3 heterocycles. The number of benzene rings is 1. The highest BCUT2D eigenvalue weighted by atomic mass is 35.5. The number of aromatic amines is 1. The normalized spacial score (nSPS) is 11.3. The van der Waals surface area contributed by atoms with Gasteiger partial charge in [-0.2, -0.15) is 4.98 Å². The van der Waals surface area contributed by atoms with E-state index in [0.29, 0.717) is 18.0 Å². The molecular weight excluding hydrogens is 320 g/mol. The van der Waals surface area contributed by atoms with Gasteiger partial charge in [-0.25, -0.2) is 9.97 Å². The Kier molecular flexibility index (Phi) is 3.40. The van der Waals surface area contributed by atoms with E-state index >= 15 is 0 Å². The summed E-state index contributed by atoms with van der Waals surface area (Å²) in [4.78, 5) is 16.5. The van der Waals surface area contributed by atoms with Crippen molar-refractivity contribution < 1.29 is 4.74 Å². The van der Waals surface area contributed by atoms with E-state index < -0.39 is 0 Å². The Morgan fingerprint density at radius 2 is 2.14 bits per heavy atom. The van der Waals surface area contributed by atoms with Crippen molar-refractivity contribution in [3.05, 3.63) is 46.8 Å². The summed E-state index contributed by atoms with van der Waals surface area (Å²) in [6, 6.07) is 8.20. The molecule has 1 aromatic carbocycles. The monoisotopic (exact) mass is 330 g/mol. The van der Waals surface area contributed by atoms with Gasteiger partial charge in [0.1, 0.15) is 0 Å². The molecule has 5 nitrogen and oxygen atoms in total. The van der Waals surface area contributed by atoms with Gasteiger partial charge >= 0.3 is 0 Å². The largest absolute Gasteiger partial charge is 0.476 e. The Morgan fingerprint density at radius 1 is 1.23 bits per heavy atom. The number of fused-ring (bicyclic) bond motifs is 2. The van der Waals surface area contributed by atoms with Gasteiger partial charge in [0.2, 0.25) is 11.2 Å². The first-order valence-corrected chi connectivity index (χ1v) is 8.01. The number of hydrogen-bond acceptors (Lipinski definition) is 5. The fourth-order valence-corrected chi connectivity index (χ4v) is 3.27. The zero-order chi connectivity index (χ0) is 14.9. The van der Waals surface area contributed by atoms with E-state index in [1.807, 2.05) is 18.3 Å². The Bertz CT molecular complexity index is 949. The van der Waals surface area contributed by atoms with Crippen LogP contribution < -0.4 is 4.74 Å². The number of rotatable bonds is 4. The van der Waals surface area contributed by atoms with Crippen molar-refractivity contribution in [3.8, 4) is 5.88 Å². The Hall–Kier alpha value is -2.18. The number of aromatic nitrogens is 4. The maximum absolute atomic E-state index is 5.91. The molecule has 0 bridgehead atoms. The summed E-state index contributed by atoms with van der Waals surface area (Å²) >= 11 is 7.33. The minimum absolute atomic E-state index is 0.179. The fraction of sp³-hybridized carbons (Fsp3) is 0.133. The van der Waals surface area contributed by atoms with Gasteiger partial charge in [-0.15, -0.1) is 11.3 Å². The van der Waals surface area contributed by atoms with Crippen LogP contribution in [0.2, 0.25) is 5.28 Å². The van der Waals surface area contributed by atoms with E-state index in [9.17, 15) is 0 Å². The molecule has 0 spiro atoms. The van der Waals surface area contributed by atoms with Crippen LogP contribution in [0.25, 0.3) is 21.3 Å². The topological polar surface area (TPSA) is 63.7 Å². The third kappa shape index (κ3) is 2.40. The predicted octanol–water partition coefficient (Wildman–Crippen LogP) is 3.84. The number of ether oxygens (including phenoxy) is 1. The molecule has 22 heavy (non-hydrogen) atoms. The van der Waals surface area contributed by atoms with Gasteiger partial charge in [0.05, 0.1) is 12.1 Å². The van der Waals surface area contributed by atoms with Crippen LogP contribution in [0, 0.1) is 0 Å². The molecule has 0 saturated carbocycles. The highest BCUT2D eigenvalue weighted by Gasteiger charge is 2.11. The second-order valence-corrected chi connectivity index (χ2v) is 5.93. The summed E-state index contributed by atoms with van der Waals surface area (Å²) in [5, 5.41) is 1.39. The molecule has 0 unspecified atom stereocenters. The summed E-state index contributed by atoms with van der Waals surface area (Å²) in [6.07, 6.45) is 2.79. The van der Waals surface area contributed by atoms with E-state index in [-0.39, 0.29) is 5.28 Å². The first-order chi connectivity index (χ1) is 10.8. The number of halogens is 1. The number of H-pyrrole nitrogens is 1. The number of thiazole rings is 1. The van der Waals surface area contributed by atoms with Crippen molar-refractivity contribution in [1.29, 1.82) is 0 Å². The molecular formula is C15H11ClN4OS. The van der Waals surface area contributed by atoms with Crippen molar-refractivity contribution >= 4 is 44.2 Å². The first kappa shape index (κ1) is 13.5. The van der Waals surface area contributed by atoms with E-state index in [0.717, 1.165) is 16.8 Å². The van der Waals surface area contributed by atoms with Gasteiger partial charge in [0, 0.05) is 23.5 Å². The Labute approximate surface area is 135 Å². The Morgan fingerprint density at radius 3 is 3.09 bits per heavy atom. The lowest BCUT2D eigenvalue weighted by atomic mass is 10.1. The van der Waals surface area contributed by atoms with Gasteiger partial charge in [0.15, 0.2) is 10.3 Å². The summed E-state index contributed by atoms with van der Waals surface area (Å²) in [6.45, 7) is 0.502. The SMILES string of the molecule is Clc1nc(OCCc2c[nH]c3ccccc23)c2ncsc2n1. The van der Waals surface area contributed by atoms with Gasteiger partial charge in [-0.1, -0.05) is 18.2 Å². The van der Waals surface area contributed by atoms with Gasteiger partial charge in [-0.05, 0) is 23.2 Å². The zero-order valence-electron chi connectivity index (χ0n) is 11.4. The number of para-hydroxylation sites is 1. The van der Waals surface area contributed by atoms with Crippen LogP contribution in [0.4, 0.5) is 0 Å². The third-order valence-corrected chi connectivity index (χ3v) is 4.31. The van der Waals surface area contributed by atoms with Gasteiger partial charge < -0.3 is 9.72 Å². The smallest absolute Gasteiger partial charge is 0.245 e. The maximum Gasteiger partial charge on any atom is 0.245 e. The van der Waals surface area contributed by atoms with Crippen molar-refractivity contribution in [3.63, 3.8) is 0 Å². The summed E-state index contributed by atoms with van der Waals surface area (Å²) in [5.74, 6) is 0.441. The quantitative estimate of drug-likeness (QED) is 0.577. The molecule has 0 aliphatic heterocycles. The minimum Gasteiger partial charge on any atom is -0.476 e. The molecule has 1 N–H and O–H groups in total. The highest BCUT2D eigenvalue weighted by Crippen LogP contribution is 2.26. The Balaban J connectivity index is 1.54. The van der Waals surface area contributed by atoms with Crippen molar-refractivity contribution in [2.24, 2.45) is 0 Å². The third-order valence-electron chi connectivity index (χ3n) is 3.42. The molecule has 0 saturated heterocycles. The average molecular weight is 331 g/mol. The van der Waals surface area contributed by atoms with Crippen LogP contribution in [0.5, 0.6) is 5.88 Å². The second-order valence-electron chi connectivity index (χ2n) is 4.76. The van der Waals surface area contributed by atoms with Gasteiger partial charge in [0.25, 0.3) is 0 Å².